The molecule has 4 heteroatoms. The Balaban J connectivity index is 2.59. The van der Waals surface area contributed by atoms with Gasteiger partial charge in [-0.3, -0.25) is 4.79 Å². The Hall–Kier alpha value is -1.39. The summed E-state index contributed by atoms with van der Waals surface area (Å²) in [5.74, 6) is 0.454. The summed E-state index contributed by atoms with van der Waals surface area (Å²) in [7, 11) is 1.53. The second kappa shape index (κ2) is 8.02. The van der Waals surface area contributed by atoms with Crippen molar-refractivity contribution in [3.8, 4) is 0 Å². The zero-order valence-corrected chi connectivity index (χ0v) is 12.8. The molecule has 0 aromatic heterocycles. The van der Waals surface area contributed by atoms with E-state index in [0.29, 0.717) is 5.92 Å². The summed E-state index contributed by atoms with van der Waals surface area (Å²) >= 11 is 0. The number of methoxy groups -OCH3 is 1. The van der Waals surface area contributed by atoms with Crippen molar-refractivity contribution in [3.05, 3.63) is 35.4 Å². The van der Waals surface area contributed by atoms with E-state index in [1.807, 2.05) is 6.92 Å². The highest BCUT2D eigenvalue weighted by Crippen LogP contribution is 2.15. The van der Waals surface area contributed by atoms with Crippen LogP contribution in [0.2, 0.25) is 0 Å². The fourth-order valence-corrected chi connectivity index (χ4v) is 2.07. The van der Waals surface area contributed by atoms with Crippen molar-refractivity contribution in [1.82, 2.24) is 5.32 Å². The van der Waals surface area contributed by atoms with E-state index < -0.39 is 6.04 Å². The molecule has 0 bridgehead atoms. The lowest BCUT2D eigenvalue weighted by molar-refractivity contribution is -0.124. The van der Waals surface area contributed by atoms with E-state index in [9.17, 15) is 4.79 Å². The molecule has 4 nitrogen and oxygen atoms in total. The third kappa shape index (κ3) is 5.31. The monoisotopic (exact) mass is 278 g/mol. The summed E-state index contributed by atoms with van der Waals surface area (Å²) < 4.78 is 4.88. The summed E-state index contributed by atoms with van der Waals surface area (Å²) in [4.78, 5) is 11.8. The van der Waals surface area contributed by atoms with Gasteiger partial charge in [-0.2, -0.15) is 0 Å². The number of carbonyl (C=O) groups is 1. The van der Waals surface area contributed by atoms with Crippen LogP contribution in [0.4, 0.5) is 0 Å². The second-order valence-electron chi connectivity index (χ2n) is 5.63. The van der Waals surface area contributed by atoms with Gasteiger partial charge in [-0.1, -0.05) is 38.1 Å². The molecule has 2 atom stereocenters. The number of hydrogen-bond donors (Lipinski definition) is 2. The first-order valence-corrected chi connectivity index (χ1v) is 7.07. The van der Waals surface area contributed by atoms with E-state index in [2.05, 4.69) is 43.4 Å². The van der Waals surface area contributed by atoms with Gasteiger partial charge in [-0.15, -0.1) is 0 Å². The van der Waals surface area contributed by atoms with Crippen molar-refractivity contribution in [2.45, 2.75) is 39.3 Å². The minimum atomic E-state index is -0.623. The van der Waals surface area contributed by atoms with Gasteiger partial charge in [-0.05, 0) is 30.4 Å². The van der Waals surface area contributed by atoms with Gasteiger partial charge < -0.3 is 15.8 Å². The van der Waals surface area contributed by atoms with Crippen LogP contribution in [0.1, 0.15) is 37.9 Å². The number of ether oxygens (including phenoxy) is 1. The average Bonchev–Trinajstić information content (AvgIpc) is 2.39. The van der Waals surface area contributed by atoms with Crippen LogP contribution < -0.4 is 11.1 Å². The van der Waals surface area contributed by atoms with E-state index in [1.165, 1.54) is 12.7 Å². The Kier molecular flexibility index (Phi) is 6.68. The molecule has 0 aliphatic heterocycles. The molecule has 1 amide bonds. The molecule has 0 spiro atoms. The third-order valence-electron chi connectivity index (χ3n) is 3.17. The zero-order valence-electron chi connectivity index (χ0n) is 12.8. The molecule has 1 aromatic rings. The summed E-state index contributed by atoms with van der Waals surface area (Å²) in [6, 6.07) is 7.68. The molecule has 0 radical (unpaired) electrons. The molecule has 112 valence electrons. The lowest BCUT2D eigenvalue weighted by Gasteiger charge is -2.18. The maximum Gasteiger partial charge on any atom is 0.239 e. The molecule has 0 heterocycles. The highest BCUT2D eigenvalue weighted by atomic mass is 16.5. The van der Waals surface area contributed by atoms with Crippen LogP contribution in [0, 0.1) is 5.92 Å². The van der Waals surface area contributed by atoms with Gasteiger partial charge in [0.25, 0.3) is 0 Å². The van der Waals surface area contributed by atoms with Crippen LogP contribution >= 0.6 is 0 Å². The molecule has 1 aromatic carbocycles. The normalized spacial score (nSPS) is 14.1. The van der Waals surface area contributed by atoms with Crippen molar-refractivity contribution in [2.75, 3.05) is 13.7 Å². The Labute approximate surface area is 121 Å². The molecule has 0 saturated carbocycles. The summed E-state index contributed by atoms with van der Waals surface area (Å²) in [5, 5.41) is 2.90. The fraction of sp³-hybridized carbons (Fsp3) is 0.562. The number of amides is 1. The lowest BCUT2D eigenvalue weighted by atomic mass is 10.00. The quantitative estimate of drug-likeness (QED) is 0.802. The standard InChI is InChI=1S/C16H26N2O2/c1-11(2)9-13-5-7-14(8-6-13)12(3)18-16(19)15(17)10-20-4/h5-8,11-12,15H,9-10,17H2,1-4H3,(H,18,19). The first-order valence-electron chi connectivity index (χ1n) is 7.07. The molecule has 0 aliphatic carbocycles. The maximum atomic E-state index is 11.8. The first-order chi connectivity index (χ1) is 9.43. The van der Waals surface area contributed by atoms with Crippen LogP contribution in [-0.4, -0.2) is 25.7 Å². The topological polar surface area (TPSA) is 64.3 Å². The minimum Gasteiger partial charge on any atom is -0.383 e. The predicted molar refractivity (Wildman–Crippen MR) is 81.4 cm³/mol. The molecule has 0 aliphatic rings. The van der Waals surface area contributed by atoms with Gasteiger partial charge in [0.15, 0.2) is 0 Å². The number of hydrogen-bond acceptors (Lipinski definition) is 3. The van der Waals surface area contributed by atoms with Gasteiger partial charge >= 0.3 is 0 Å². The van der Waals surface area contributed by atoms with E-state index in [4.69, 9.17) is 10.5 Å². The number of rotatable bonds is 7. The smallest absolute Gasteiger partial charge is 0.239 e. The molecule has 2 unspecified atom stereocenters. The number of nitrogens with one attached hydrogen (secondary N) is 1. The largest absolute Gasteiger partial charge is 0.383 e. The van der Waals surface area contributed by atoms with Crippen LogP contribution in [0.15, 0.2) is 24.3 Å². The number of carbonyl (C=O) groups excluding carboxylic acids is 1. The summed E-state index contributed by atoms with van der Waals surface area (Å²) in [6.07, 6.45) is 1.07. The van der Waals surface area contributed by atoms with Gasteiger partial charge in [0.2, 0.25) is 5.91 Å². The molecular weight excluding hydrogens is 252 g/mol. The van der Waals surface area contributed by atoms with Crippen molar-refractivity contribution >= 4 is 5.91 Å². The van der Waals surface area contributed by atoms with Gasteiger partial charge in [0.1, 0.15) is 6.04 Å². The minimum absolute atomic E-state index is 0.0569. The molecule has 3 N–H and O–H groups in total. The second-order valence-corrected chi connectivity index (χ2v) is 5.63. The average molecular weight is 278 g/mol. The number of nitrogens with two attached hydrogens (primary N) is 1. The van der Waals surface area contributed by atoms with Gasteiger partial charge in [-0.25, -0.2) is 0 Å². The SMILES string of the molecule is COCC(N)C(=O)NC(C)c1ccc(CC(C)C)cc1. The van der Waals surface area contributed by atoms with E-state index >= 15 is 0 Å². The van der Waals surface area contributed by atoms with E-state index in [-0.39, 0.29) is 18.6 Å². The third-order valence-corrected chi connectivity index (χ3v) is 3.17. The van der Waals surface area contributed by atoms with E-state index in [0.717, 1.165) is 12.0 Å². The highest BCUT2D eigenvalue weighted by molar-refractivity contribution is 5.82. The van der Waals surface area contributed by atoms with Crippen LogP contribution in [0.5, 0.6) is 0 Å². The molecule has 1 rings (SSSR count). The Bertz CT molecular complexity index is 415. The van der Waals surface area contributed by atoms with Gasteiger partial charge in [0.05, 0.1) is 12.6 Å². The van der Waals surface area contributed by atoms with Crippen molar-refractivity contribution in [2.24, 2.45) is 11.7 Å². The van der Waals surface area contributed by atoms with E-state index in [1.54, 1.807) is 0 Å². The summed E-state index contributed by atoms with van der Waals surface area (Å²) in [5.41, 5.74) is 8.09. The maximum absolute atomic E-state index is 11.8. The molecular formula is C16H26N2O2. The van der Waals surface area contributed by atoms with Crippen molar-refractivity contribution in [1.29, 1.82) is 0 Å². The molecule has 20 heavy (non-hydrogen) atoms. The Morgan fingerprint density at radius 3 is 2.35 bits per heavy atom. The Morgan fingerprint density at radius 1 is 1.25 bits per heavy atom. The first kappa shape index (κ1) is 16.7. The molecule has 0 saturated heterocycles. The molecule has 0 fully saturated rings. The van der Waals surface area contributed by atoms with Crippen LogP contribution in [-0.2, 0) is 16.0 Å². The van der Waals surface area contributed by atoms with Crippen LogP contribution in [0.25, 0.3) is 0 Å². The predicted octanol–water partition coefficient (Wildman–Crippen LogP) is 2.04. The Morgan fingerprint density at radius 2 is 1.85 bits per heavy atom. The van der Waals surface area contributed by atoms with Gasteiger partial charge in [0, 0.05) is 7.11 Å². The summed E-state index contributed by atoms with van der Waals surface area (Å²) in [6.45, 7) is 6.59. The fourth-order valence-electron chi connectivity index (χ4n) is 2.07. The van der Waals surface area contributed by atoms with Crippen molar-refractivity contribution in [3.63, 3.8) is 0 Å². The zero-order chi connectivity index (χ0) is 15.1. The lowest BCUT2D eigenvalue weighted by Crippen LogP contribution is -2.44. The van der Waals surface area contributed by atoms with Crippen molar-refractivity contribution < 1.29 is 9.53 Å². The van der Waals surface area contributed by atoms with Crippen LogP contribution in [0.3, 0.4) is 0 Å². The number of benzene rings is 1. The highest BCUT2D eigenvalue weighted by Gasteiger charge is 2.16.